The van der Waals surface area contributed by atoms with Crippen molar-refractivity contribution in [3.63, 3.8) is 0 Å². The van der Waals surface area contributed by atoms with E-state index in [1.807, 2.05) is 0 Å². The Hall–Kier alpha value is -1.20. The van der Waals surface area contributed by atoms with Gasteiger partial charge in [-0.3, -0.25) is 0 Å². The highest BCUT2D eigenvalue weighted by Gasteiger charge is 2.24. The lowest BCUT2D eigenvalue weighted by molar-refractivity contribution is 0.111. The van der Waals surface area contributed by atoms with Crippen LogP contribution in [0.5, 0.6) is 5.88 Å². The second-order valence-electron chi connectivity index (χ2n) is 5.27. The van der Waals surface area contributed by atoms with E-state index in [0.717, 1.165) is 35.6 Å². The van der Waals surface area contributed by atoms with Gasteiger partial charge in [-0.15, -0.1) is 11.3 Å². The maximum atomic E-state index is 6.17. The molecule has 1 saturated heterocycles. The zero-order chi connectivity index (χ0) is 13.4. The normalized spacial score (nSPS) is 23.7. The van der Waals surface area contributed by atoms with Gasteiger partial charge in [0, 0.05) is 11.4 Å². The maximum Gasteiger partial charge on any atom is 0.225 e. The fourth-order valence-corrected chi connectivity index (χ4v) is 3.49. The molecule has 0 aliphatic carbocycles. The Morgan fingerprint density at radius 2 is 2.21 bits per heavy atom. The lowest BCUT2D eigenvalue weighted by Gasteiger charge is -2.29. The van der Waals surface area contributed by atoms with Crippen molar-refractivity contribution < 1.29 is 4.74 Å². The highest BCUT2D eigenvalue weighted by Crippen LogP contribution is 2.34. The summed E-state index contributed by atoms with van der Waals surface area (Å²) < 4.78 is 6.17. The maximum absolute atomic E-state index is 6.17. The molecule has 5 heteroatoms. The summed E-state index contributed by atoms with van der Waals surface area (Å²) in [4.78, 5) is 11.0. The van der Waals surface area contributed by atoms with E-state index in [4.69, 9.17) is 4.74 Å². The molecule has 1 aliphatic rings. The quantitative estimate of drug-likeness (QED) is 0.917. The van der Waals surface area contributed by atoms with Crippen molar-refractivity contribution in [1.29, 1.82) is 0 Å². The lowest BCUT2D eigenvalue weighted by atomic mass is 9.97. The third-order valence-corrected chi connectivity index (χ3v) is 5.07. The predicted octanol–water partition coefficient (Wildman–Crippen LogP) is 2.68. The number of hydrogen-bond donors (Lipinski definition) is 1. The number of piperidine rings is 1. The van der Waals surface area contributed by atoms with Crippen molar-refractivity contribution in [2.24, 2.45) is 5.92 Å². The van der Waals surface area contributed by atoms with Gasteiger partial charge in [-0.05, 0) is 38.3 Å². The average molecular weight is 277 g/mol. The molecule has 0 spiro atoms. The molecule has 102 valence electrons. The molecule has 1 aliphatic heterocycles. The smallest absolute Gasteiger partial charge is 0.225 e. The van der Waals surface area contributed by atoms with Crippen LogP contribution in [0.2, 0.25) is 0 Å². The molecule has 2 aromatic heterocycles. The summed E-state index contributed by atoms with van der Waals surface area (Å²) in [6, 6.07) is 0. The first-order valence-electron chi connectivity index (χ1n) is 6.75. The molecule has 2 unspecified atom stereocenters. The van der Waals surface area contributed by atoms with E-state index in [1.165, 1.54) is 10.4 Å². The zero-order valence-corrected chi connectivity index (χ0v) is 12.4. The summed E-state index contributed by atoms with van der Waals surface area (Å²) >= 11 is 1.71. The van der Waals surface area contributed by atoms with Gasteiger partial charge in [-0.1, -0.05) is 6.92 Å². The van der Waals surface area contributed by atoms with Gasteiger partial charge < -0.3 is 10.1 Å². The van der Waals surface area contributed by atoms with Crippen LogP contribution >= 0.6 is 11.3 Å². The molecule has 0 saturated carbocycles. The van der Waals surface area contributed by atoms with Crippen molar-refractivity contribution in [1.82, 2.24) is 15.3 Å². The molecule has 4 nitrogen and oxygen atoms in total. The lowest BCUT2D eigenvalue weighted by Crippen LogP contribution is -2.43. The number of aromatic nitrogens is 2. The number of nitrogens with zero attached hydrogens (tertiary/aromatic N) is 2. The number of aryl methyl sites for hydroxylation is 2. The van der Waals surface area contributed by atoms with Crippen LogP contribution in [-0.2, 0) is 0 Å². The minimum Gasteiger partial charge on any atom is -0.472 e. The van der Waals surface area contributed by atoms with Gasteiger partial charge in [0.2, 0.25) is 5.88 Å². The van der Waals surface area contributed by atoms with Crippen molar-refractivity contribution in [3.8, 4) is 5.88 Å². The Bertz CT molecular complexity index is 596. The molecule has 3 heterocycles. The minimum atomic E-state index is 0.200. The van der Waals surface area contributed by atoms with Crippen molar-refractivity contribution in [3.05, 3.63) is 16.8 Å². The Balaban J connectivity index is 1.96. The molecule has 0 bridgehead atoms. The number of fused-ring (bicyclic) bond motifs is 1. The predicted molar refractivity (Wildman–Crippen MR) is 78.0 cm³/mol. The first kappa shape index (κ1) is 12.8. The van der Waals surface area contributed by atoms with Crippen molar-refractivity contribution in [2.45, 2.75) is 33.3 Å². The Labute approximate surface area is 117 Å². The number of ether oxygens (including phenoxy) is 1. The van der Waals surface area contributed by atoms with Crippen LogP contribution in [0.25, 0.3) is 10.2 Å². The van der Waals surface area contributed by atoms with E-state index >= 15 is 0 Å². The van der Waals surface area contributed by atoms with Crippen LogP contribution in [-0.4, -0.2) is 29.2 Å². The van der Waals surface area contributed by atoms with Gasteiger partial charge in [-0.2, -0.15) is 0 Å². The van der Waals surface area contributed by atoms with Crippen LogP contribution in [0.4, 0.5) is 0 Å². The van der Waals surface area contributed by atoms with Gasteiger partial charge in [0.25, 0.3) is 0 Å². The third-order valence-electron chi connectivity index (χ3n) is 3.95. The summed E-state index contributed by atoms with van der Waals surface area (Å²) in [6.07, 6.45) is 2.96. The second kappa shape index (κ2) is 5.06. The summed E-state index contributed by atoms with van der Waals surface area (Å²) in [5.74, 6) is 1.30. The topological polar surface area (TPSA) is 47.0 Å². The standard InChI is InChI=1S/C14H19N3OS/c1-8-4-5-15-6-11(8)18-13-12-9(2)10(3)19-14(12)17-7-16-13/h7-8,11,15H,4-6H2,1-3H3. The summed E-state index contributed by atoms with van der Waals surface area (Å²) in [6.45, 7) is 8.46. The van der Waals surface area contributed by atoms with E-state index in [9.17, 15) is 0 Å². The van der Waals surface area contributed by atoms with Crippen molar-refractivity contribution in [2.75, 3.05) is 13.1 Å². The number of rotatable bonds is 2. The summed E-state index contributed by atoms with van der Waals surface area (Å²) in [5.41, 5.74) is 1.24. The van der Waals surface area contributed by atoms with E-state index in [-0.39, 0.29) is 6.10 Å². The molecule has 0 aromatic carbocycles. The zero-order valence-electron chi connectivity index (χ0n) is 11.6. The van der Waals surface area contributed by atoms with Crippen LogP contribution in [0, 0.1) is 19.8 Å². The summed E-state index contributed by atoms with van der Waals surface area (Å²) in [7, 11) is 0. The summed E-state index contributed by atoms with van der Waals surface area (Å²) in [5, 5.41) is 4.47. The van der Waals surface area contributed by atoms with Crippen LogP contribution in [0.15, 0.2) is 6.33 Å². The van der Waals surface area contributed by atoms with E-state index in [1.54, 1.807) is 17.7 Å². The van der Waals surface area contributed by atoms with Crippen molar-refractivity contribution >= 4 is 21.6 Å². The monoisotopic (exact) mass is 277 g/mol. The second-order valence-corrected chi connectivity index (χ2v) is 6.47. The largest absolute Gasteiger partial charge is 0.472 e. The van der Waals surface area contributed by atoms with E-state index in [0.29, 0.717) is 5.92 Å². The molecule has 3 rings (SSSR count). The van der Waals surface area contributed by atoms with E-state index in [2.05, 4.69) is 36.1 Å². The van der Waals surface area contributed by atoms with Gasteiger partial charge in [0.1, 0.15) is 17.3 Å². The Morgan fingerprint density at radius 1 is 1.37 bits per heavy atom. The van der Waals surface area contributed by atoms with Crippen LogP contribution in [0.1, 0.15) is 23.8 Å². The van der Waals surface area contributed by atoms with Gasteiger partial charge in [0.15, 0.2) is 0 Å². The molecular formula is C14H19N3OS. The number of thiophene rings is 1. The fourth-order valence-electron chi connectivity index (χ4n) is 2.50. The van der Waals surface area contributed by atoms with Crippen LogP contribution < -0.4 is 10.1 Å². The minimum absolute atomic E-state index is 0.200. The van der Waals surface area contributed by atoms with Crippen LogP contribution in [0.3, 0.4) is 0 Å². The fraction of sp³-hybridized carbons (Fsp3) is 0.571. The highest BCUT2D eigenvalue weighted by atomic mass is 32.1. The molecular weight excluding hydrogens is 258 g/mol. The Kier molecular flexibility index (Phi) is 3.41. The molecule has 2 aromatic rings. The molecule has 1 N–H and O–H groups in total. The first-order valence-corrected chi connectivity index (χ1v) is 7.56. The average Bonchev–Trinajstić information content (AvgIpc) is 2.69. The molecule has 2 atom stereocenters. The first-order chi connectivity index (χ1) is 9.16. The number of hydrogen-bond acceptors (Lipinski definition) is 5. The SMILES string of the molecule is Cc1sc2ncnc(OC3CNCCC3C)c2c1C. The van der Waals surface area contributed by atoms with Gasteiger partial charge >= 0.3 is 0 Å². The van der Waals surface area contributed by atoms with Gasteiger partial charge in [0.05, 0.1) is 5.39 Å². The number of nitrogens with one attached hydrogen (secondary N) is 1. The molecule has 0 amide bonds. The molecule has 1 fully saturated rings. The molecule has 0 radical (unpaired) electrons. The highest BCUT2D eigenvalue weighted by molar-refractivity contribution is 7.18. The molecule has 19 heavy (non-hydrogen) atoms. The van der Waals surface area contributed by atoms with Gasteiger partial charge in [-0.25, -0.2) is 9.97 Å². The van der Waals surface area contributed by atoms with E-state index < -0.39 is 0 Å². The third kappa shape index (κ3) is 2.32. The Morgan fingerprint density at radius 3 is 3.00 bits per heavy atom.